The monoisotopic (exact) mass is 283 g/mol. The van der Waals surface area contributed by atoms with Crippen molar-refractivity contribution in [1.29, 1.82) is 0 Å². The van der Waals surface area contributed by atoms with Crippen LogP contribution >= 0.6 is 11.6 Å². The molecule has 100 valence electrons. The molecule has 1 fully saturated rings. The molecule has 0 spiro atoms. The Labute approximate surface area is 113 Å². The normalized spacial score (nSPS) is 17.9. The number of nitro benzene ring substituents is 1. The zero-order chi connectivity index (χ0) is 14.0. The minimum Gasteiger partial charge on any atom is -0.354 e. The number of amides is 2. The quantitative estimate of drug-likeness (QED) is 0.634. The van der Waals surface area contributed by atoms with E-state index in [1.807, 2.05) is 0 Å². The first-order valence-corrected chi connectivity index (χ1v) is 5.86. The Hall–Kier alpha value is -2.15. The van der Waals surface area contributed by atoms with Gasteiger partial charge in [0.25, 0.3) is 11.6 Å². The molecule has 1 atom stereocenters. The summed E-state index contributed by atoms with van der Waals surface area (Å²) in [7, 11) is 0. The van der Waals surface area contributed by atoms with Gasteiger partial charge in [-0.1, -0.05) is 11.6 Å². The van der Waals surface area contributed by atoms with Gasteiger partial charge in [0, 0.05) is 25.1 Å². The van der Waals surface area contributed by atoms with E-state index in [4.69, 9.17) is 11.6 Å². The lowest BCUT2D eigenvalue weighted by Gasteiger charge is -2.11. The van der Waals surface area contributed by atoms with E-state index in [2.05, 4.69) is 10.6 Å². The second kappa shape index (κ2) is 5.23. The molecule has 1 unspecified atom stereocenters. The highest BCUT2D eigenvalue weighted by Gasteiger charge is 2.24. The van der Waals surface area contributed by atoms with Gasteiger partial charge in [-0.3, -0.25) is 19.7 Å². The summed E-state index contributed by atoms with van der Waals surface area (Å²) < 4.78 is 0. The number of nitro groups is 1. The van der Waals surface area contributed by atoms with Crippen molar-refractivity contribution in [3.05, 3.63) is 38.9 Å². The number of benzene rings is 1. The van der Waals surface area contributed by atoms with Gasteiger partial charge in [0.05, 0.1) is 21.6 Å². The first-order valence-electron chi connectivity index (χ1n) is 5.49. The van der Waals surface area contributed by atoms with Gasteiger partial charge in [0.2, 0.25) is 5.91 Å². The Morgan fingerprint density at radius 2 is 2.26 bits per heavy atom. The van der Waals surface area contributed by atoms with Gasteiger partial charge in [-0.15, -0.1) is 0 Å². The van der Waals surface area contributed by atoms with Crippen molar-refractivity contribution < 1.29 is 14.5 Å². The van der Waals surface area contributed by atoms with Crippen LogP contribution in [0.1, 0.15) is 16.8 Å². The zero-order valence-corrected chi connectivity index (χ0v) is 10.4. The van der Waals surface area contributed by atoms with Crippen molar-refractivity contribution in [2.45, 2.75) is 12.5 Å². The third kappa shape index (κ3) is 3.00. The fourth-order valence-electron chi connectivity index (χ4n) is 1.77. The summed E-state index contributed by atoms with van der Waals surface area (Å²) in [6.45, 7) is 0.344. The summed E-state index contributed by atoms with van der Waals surface area (Å²) in [5.41, 5.74) is -0.189. The molecule has 2 N–H and O–H groups in total. The molecular weight excluding hydrogens is 274 g/mol. The first kappa shape index (κ1) is 13.3. The Kier molecular flexibility index (Phi) is 3.66. The summed E-state index contributed by atoms with van der Waals surface area (Å²) in [5, 5.41) is 16.0. The molecule has 1 aromatic rings. The lowest BCUT2D eigenvalue weighted by Crippen LogP contribution is -2.36. The summed E-state index contributed by atoms with van der Waals surface area (Å²) in [6, 6.07) is 3.31. The van der Waals surface area contributed by atoms with E-state index in [-0.39, 0.29) is 34.6 Å². The third-order valence-electron chi connectivity index (χ3n) is 2.72. The third-order valence-corrected chi connectivity index (χ3v) is 3.05. The van der Waals surface area contributed by atoms with Gasteiger partial charge >= 0.3 is 0 Å². The largest absolute Gasteiger partial charge is 0.354 e. The van der Waals surface area contributed by atoms with E-state index >= 15 is 0 Å². The number of nitrogens with one attached hydrogen (secondary N) is 2. The molecule has 8 heteroatoms. The predicted octanol–water partition coefficient (Wildman–Crippen LogP) is 0.866. The highest BCUT2D eigenvalue weighted by molar-refractivity contribution is 6.34. The molecule has 2 amide bonds. The Bertz CT molecular complexity index is 561. The minimum atomic E-state index is -0.603. The molecule has 0 bridgehead atoms. The summed E-state index contributed by atoms with van der Waals surface area (Å²) in [5.74, 6) is -0.675. The molecule has 1 saturated heterocycles. The average molecular weight is 284 g/mol. The van der Waals surface area contributed by atoms with Crippen LogP contribution in [0, 0.1) is 10.1 Å². The molecule has 1 aliphatic rings. The molecule has 7 nitrogen and oxygen atoms in total. The Morgan fingerprint density at radius 1 is 1.53 bits per heavy atom. The molecule has 0 radical (unpaired) electrons. The maximum atomic E-state index is 11.9. The van der Waals surface area contributed by atoms with E-state index < -0.39 is 10.8 Å². The number of carbonyl (C=O) groups excluding carboxylic acids is 2. The van der Waals surface area contributed by atoms with Crippen LogP contribution in [0.3, 0.4) is 0 Å². The van der Waals surface area contributed by atoms with Crippen LogP contribution in [0.15, 0.2) is 18.2 Å². The number of hydrogen-bond donors (Lipinski definition) is 2. The van der Waals surface area contributed by atoms with Crippen LogP contribution in [0.2, 0.25) is 5.02 Å². The van der Waals surface area contributed by atoms with Crippen LogP contribution in [0.25, 0.3) is 0 Å². The van der Waals surface area contributed by atoms with E-state index in [1.165, 1.54) is 12.1 Å². The number of non-ortho nitro benzene ring substituents is 1. The molecule has 19 heavy (non-hydrogen) atoms. The van der Waals surface area contributed by atoms with Crippen LogP contribution < -0.4 is 10.6 Å². The van der Waals surface area contributed by atoms with E-state index in [1.54, 1.807) is 0 Å². The predicted molar refractivity (Wildman–Crippen MR) is 67.0 cm³/mol. The van der Waals surface area contributed by atoms with Crippen LogP contribution in [-0.4, -0.2) is 29.3 Å². The highest BCUT2D eigenvalue weighted by Crippen LogP contribution is 2.22. The van der Waals surface area contributed by atoms with E-state index in [9.17, 15) is 19.7 Å². The van der Waals surface area contributed by atoms with Gasteiger partial charge in [0.1, 0.15) is 0 Å². The van der Waals surface area contributed by atoms with Crippen molar-refractivity contribution in [1.82, 2.24) is 10.6 Å². The molecule has 0 aliphatic carbocycles. The fourth-order valence-corrected chi connectivity index (χ4v) is 1.97. The lowest BCUT2D eigenvalue weighted by molar-refractivity contribution is -0.384. The molecule has 0 aromatic heterocycles. The SMILES string of the molecule is O=C1CC(NC(=O)c2cc([N+](=O)[O-])ccc2Cl)CN1. The highest BCUT2D eigenvalue weighted by atomic mass is 35.5. The van der Waals surface area contributed by atoms with Crippen LogP contribution in [-0.2, 0) is 4.79 Å². The van der Waals surface area contributed by atoms with Crippen LogP contribution in [0.4, 0.5) is 5.69 Å². The molecule has 0 saturated carbocycles. The van der Waals surface area contributed by atoms with Gasteiger partial charge in [-0.25, -0.2) is 0 Å². The second-order valence-electron chi connectivity index (χ2n) is 4.10. The number of nitrogens with zero attached hydrogens (tertiary/aromatic N) is 1. The summed E-state index contributed by atoms with van der Waals surface area (Å²) in [4.78, 5) is 33.0. The number of rotatable bonds is 3. The van der Waals surface area contributed by atoms with E-state index in [0.717, 1.165) is 6.07 Å². The second-order valence-corrected chi connectivity index (χ2v) is 4.51. The standard InChI is InChI=1S/C11H10ClN3O4/c12-9-2-1-7(15(18)19)4-8(9)11(17)14-6-3-10(16)13-5-6/h1-2,4,6H,3,5H2,(H,13,16)(H,14,17). The zero-order valence-electron chi connectivity index (χ0n) is 9.68. The molecule has 1 aliphatic heterocycles. The smallest absolute Gasteiger partial charge is 0.270 e. The Morgan fingerprint density at radius 3 is 2.84 bits per heavy atom. The summed E-state index contributed by atoms with van der Waals surface area (Å²) >= 11 is 5.84. The molecular formula is C11H10ClN3O4. The van der Waals surface area contributed by atoms with Crippen molar-refractivity contribution in [3.63, 3.8) is 0 Å². The minimum absolute atomic E-state index is 0.0233. The molecule has 1 heterocycles. The van der Waals surface area contributed by atoms with Crippen molar-refractivity contribution in [3.8, 4) is 0 Å². The lowest BCUT2D eigenvalue weighted by atomic mass is 10.1. The summed E-state index contributed by atoms with van der Waals surface area (Å²) in [6.07, 6.45) is 0.193. The van der Waals surface area contributed by atoms with Gasteiger partial charge < -0.3 is 10.6 Å². The van der Waals surface area contributed by atoms with Crippen molar-refractivity contribution in [2.75, 3.05) is 6.54 Å². The van der Waals surface area contributed by atoms with Crippen LogP contribution in [0.5, 0.6) is 0 Å². The van der Waals surface area contributed by atoms with E-state index in [0.29, 0.717) is 6.54 Å². The van der Waals surface area contributed by atoms with Gasteiger partial charge in [-0.2, -0.15) is 0 Å². The first-order chi connectivity index (χ1) is 8.97. The topological polar surface area (TPSA) is 101 Å². The number of hydrogen-bond acceptors (Lipinski definition) is 4. The van der Waals surface area contributed by atoms with Crippen molar-refractivity contribution >= 4 is 29.1 Å². The Balaban J connectivity index is 2.16. The number of carbonyl (C=O) groups is 2. The maximum Gasteiger partial charge on any atom is 0.270 e. The fraction of sp³-hybridized carbons (Fsp3) is 0.273. The maximum absolute atomic E-state index is 11.9. The number of halogens is 1. The van der Waals surface area contributed by atoms with Gasteiger partial charge in [0.15, 0.2) is 0 Å². The molecule has 2 rings (SSSR count). The van der Waals surface area contributed by atoms with Gasteiger partial charge in [-0.05, 0) is 6.07 Å². The van der Waals surface area contributed by atoms with Crippen molar-refractivity contribution in [2.24, 2.45) is 0 Å². The average Bonchev–Trinajstić information content (AvgIpc) is 2.74. The molecule has 1 aromatic carbocycles.